The zero-order chi connectivity index (χ0) is 9.35. The second-order valence-electron chi connectivity index (χ2n) is 2.45. The second kappa shape index (κ2) is 5.14. The van der Waals surface area contributed by atoms with Crippen LogP contribution in [0.25, 0.3) is 0 Å². The molecule has 0 fully saturated rings. The molecule has 1 nitrogen and oxygen atoms in total. The van der Waals surface area contributed by atoms with Crippen LogP contribution in [0.15, 0.2) is 12.3 Å². The second-order valence-corrected chi connectivity index (χ2v) is 2.81. The first kappa shape index (κ1) is 13.9. The molecule has 0 aliphatic heterocycles. The third kappa shape index (κ3) is 3.89. The van der Waals surface area contributed by atoms with Crippen LogP contribution in [0, 0.1) is 6.92 Å². The summed E-state index contributed by atoms with van der Waals surface area (Å²) in [6.07, 6.45) is 0.745. The molecule has 1 aromatic heterocycles. The van der Waals surface area contributed by atoms with E-state index < -0.39 is 12.4 Å². The number of hydrogen-bond donors (Lipinski definition) is 0. The van der Waals surface area contributed by atoms with Crippen molar-refractivity contribution >= 4 is 24.0 Å². The van der Waals surface area contributed by atoms with Crippen molar-refractivity contribution in [1.82, 2.24) is 4.98 Å². The Hall–Kier alpha value is 0.931. The fourth-order valence-corrected chi connectivity index (χ4v) is 0.862. The van der Waals surface area contributed by atoms with Crippen molar-refractivity contribution in [2.45, 2.75) is 6.92 Å². The van der Waals surface area contributed by atoms with Gasteiger partial charge in [0.05, 0.1) is 0 Å². The van der Waals surface area contributed by atoms with Crippen molar-refractivity contribution < 1.29 is 64.3 Å². The van der Waals surface area contributed by atoms with Crippen LogP contribution in [0.1, 0.15) is 5.56 Å². The molecular formula is C6H5BClF3KN. The normalized spacial score (nSPS) is 10.8. The average molecular weight is 233 g/mol. The van der Waals surface area contributed by atoms with E-state index in [2.05, 4.69) is 4.98 Å². The van der Waals surface area contributed by atoms with Crippen molar-refractivity contribution in [2.24, 2.45) is 0 Å². The van der Waals surface area contributed by atoms with Crippen LogP contribution < -0.4 is 56.8 Å². The number of nitrogens with zero attached hydrogens (tertiary/aromatic N) is 1. The van der Waals surface area contributed by atoms with Crippen LogP contribution in [0.4, 0.5) is 12.9 Å². The summed E-state index contributed by atoms with van der Waals surface area (Å²) in [6.45, 7) is -3.47. The fraction of sp³-hybridized carbons (Fsp3) is 0.167. The maximum absolute atomic E-state index is 12.1. The number of pyridine rings is 1. The predicted octanol–water partition coefficient (Wildman–Crippen LogP) is -0.898. The summed E-state index contributed by atoms with van der Waals surface area (Å²) in [6, 6.07) is 0.995. The smallest absolute Gasteiger partial charge is 0.445 e. The first-order valence-electron chi connectivity index (χ1n) is 3.23. The van der Waals surface area contributed by atoms with E-state index in [0.717, 1.165) is 12.3 Å². The van der Waals surface area contributed by atoms with Crippen LogP contribution in [-0.4, -0.2) is 12.0 Å². The molecule has 13 heavy (non-hydrogen) atoms. The Kier molecular flexibility index (Phi) is 5.50. The van der Waals surface area contributed by atoms with Gasteiger partial charge in [-0.15, -0.1) is 0 Å². The molecular weight excluding hydrogens is 228 g/mol. The van der Waals surface area contributed by atoms with Gasteiger partial charge in [0, 0.05) is 6.20 Å². The third-order valence-electron chi connectivity index (χ3n) is 1.41. The Morgan fingerprint density at radius 2 is 1.92 bits per heavy atom. The Bertz CT molecular complexity index is 304. The van der Waals surface area contributed by atoms with Gasteiger partial charge in [0.1, 0.15) is 5.15 Å². The molecule has 0 spiro atoms. The molecule has 0 aliphatic carbocycles. The Balaban J connectivity index is 0.00000144. The molecule has 0 atom stereocenters. The average Bonchev–Trinajstić information content (AvgIpc) is 1.92. The van der Waals surface area contributed by atoms with E-state index in [1.54, 1.807) is 0 Å². The monoisotopic (exact) mass is 233 g/mol. The van der Waals surface area contributed by atoms with E-state index in [9.17, 15) is 12.9 Å². The number of aromatic nitrogens is 1. The zero-order valence-corrected chi connectivity index (χ0v) is 11.1. The summed E-state index contributed by atoms with van der Waals surface area (Å²) < 4.78 is 36.2. The standard InChI is InChI=1S/C6H5BClF3N.K/c1-4-2-5(7(9,10)11)3-12-6(4)8;/h2-3H,1H3;/q-1;+1. The molecule has 0 saturated carbocycles. The van der Waals surface area contributed by atoms with Gasteiger partial charge < -0.3 is 12.9 Å². The first-order valence-corrected chi connectivity index (χ1v) is 3.61. The van der Waals surface area contributed by atoms with Crippen molar-refractivity contribution in [1.29, 1.82) is 0 Å². The summed E-state index contributed by atoms with van der Waals surface area (Å²) in [4.78, 5) is 3.41. The minimum atomic E-state index is -4.96. The molecule has 0 saturated heterocycles. The molecule has 0 radical (unpaired) electrons. The topological polar surface area (TPSA) is 12.9 Å². The molecule has 0 bridgehead atoms. The van der Waals surface area contributed by atoms with Crippen molar-refractivity contribution in [3.05, 3.63) is 23.0 Å². The van der Waals surface area contributed by atoms with Gasteiger partial charge in [0.25, 0.3) is 0 Å². The Morgan fingerprint density at radius 1 is 1.38 bits per heavy atom. The summed E-state index contributed by atoms with van der Waals surface area (Å²) in [5.74, 6) is 0. The van der Waals surface area contributed by atoms with Gasteiger partial charge in [-0.2, -0.15) is 0 Å². The number of aryl methyl sites for hydroxylation is 1. The number of hydrogen-bond acceptors (Lipinski definition) is 1. The molecule has 0 amide bonds. The van der Waals surface area contributed by atoms with E-state index in [-0.39, 0.29) is 56.5 Å². The molecule has 1 heterocycles. The Labute approximate surface area is 122 Å². The fourth-order valence-electron chi connectivity index (χ4n) is 0.759. The first-order chi connectivity index (χ1) is 5.41. The maximum atomic E-state index is 12.1. The summed E-state index contributed by atoms with van der Waals surface area (Å²) in [7, 11) is 0. The molecule has 1 rings (SSSR count). The quantitative estimate of drug-likeness (QED) is 0.453. The minimum absolute atomic E-state index is 0. The van der Waals surface area contributed by atoms with Crippen molar-refractivity contribution in [3.63, 3.8) is 0 Å². The van der Waals surface area contributed by atoms with E-state index in [4.69, 9.17) is 11.6 Å². The van der Waals surface area contributed by atoms with E-state index in [0.29, 0.717) is 5.56 Å². The van der Waals surface area contributed by atoms with E-state index in [1.165, 1.54) is 6.92 Å². The van der Waals surface area contributed by atoms with Crippen LogP contribution in [0.3, 0.4) is 0 Å². The van der Waals surface area contributed by atoms with E-state index >= 15 is 0 Å². The predicted molar refractivity (Wildman–Crippen MR) is 42.7 cm³/mol. The van der Waals surface area contributed by atoms with Crippen molar-refractivity contribution in [2.75, 3.05) is 0 Å². The van der Waals surface area contributed by atoms with Gasteiger partial charge in [-0.25, -0.2) is 4.98 Å². The zero-order valence-electron chi connectivity index (χ0n) is 7.19. The minimum Gasteiger partial charge on any atom is -0.445 e. The van der Waals surface area contributed by atoms with Gasteiger partial charge in [-0.3, -0.25) is 0 Å². The molecule has 0 aliphatic rings. The van der Waals surface area contributed by atoms with Crippen LogP contribution in [-0.2, 0) is 0 Å². The van der Waals surface area contributed by atoms with E-state index in [1.807, 2.05) is 0 Å². The number of rotatable bonds is 1. The SMILES string of the molecule is Cc1cc([B-](F)(F)F)cnc1Cl.[K+]. The third-order valence-corrected chi connectivity index (χ3v) is 1.81. The van der Waals surface area contributed by atoms with Gasteiger partial charge >= 0.3 is 58.4 Å². The Morgan fingerprint density at radius 3 is 2.31 bits per heavy atom. The molecule has 1 aromatic rings. The van der Waals surface area contributed by atoms with Crippen LogP contribution >= 0.6 is 11.6 Å². The van der Waals surface area contributed by atoms with Crippen molar-refractivity contribution in [3.8, 4) is 0 Å². The van der Waals surface area contributed by atoms with Gasteiger partial charge in [0.15, 0.2) is 0 Å². The van der Waals surface area contributed by atoms with Crippen LogP contribution in [0.2, 0.25) is 5.15 Å². The van der Waals surface area contributed by atoms with Gasteiger partial charge in [-0.1, -0.05) is 23.1 Å². The van der Waals surface area contributed by atoms with Crippen LogP contribution in [0.5, 0.6) is 0 Å². The molecule has 66 valence electrons. The molecule has 0 unspecified atom stereocenters. The van der Waals surface area contributed by atoms with Gasteiger partial charge in [0.2, 0.25) is 0 Å². The largest absolute Gasteiger partial charge is 1.00 e. The molecule has 0 N–H and O–H groups in total. The maximum Gasteiger partial charge on any atom is 1.00 e. The summed E-state index contributed by atoms with van der Waals surface area (Å²) in [5.41, 5.74) is -0.370. The molecule has 0 aromatic carbocycles. The van der Waals surface area contributed by atoms with Gasteiger partial charge in [-0.05, 0) is 12.5 Å². The molecule has 7 heteroatoms. The number of halogens is 4. The summed E-state index contributed by atoms with van der Waals surface area (Å²) >= 11 is 5.46. The summed E-state index contributed by atoms with van der Waals surface area (Å²) in [5, 5.41) is 0.110.